The Morgan fingerprint density at radius 1 is 1.41 bits per heavy atom. The molecule has 1 aromatic carbocycles. The zero-order chi connectivity index (χ0) is 12.4. The highest BCUT2D eigenvalue weighted by Crippen LogP contribution is 2.27. The highest BCUT2D eigenvalue weighted by atomic mass is 79.9. The van der Waals surface area contributed by atoms with Gasteiger partial charge in [-0.2, -0.15) is 0 Å². The first-order valence-electron chi connectivity index (χ1n) is 5.05. The SMILES string of the molecule is CN(Cc1cc(Br)cs1)c1cc(F)ccc1N. The number of nitrogens with two attached hydrogens (primary N) is 1. The summed E-state index contributed by atoms with van der Waals surface area (Å²) in [6, 6.07) is 6.47. The summed E-state index contributed by atoms with van der Waals surface area (Å²) in [6.07, 6.45) is 0. The average molecular weight is 315 g/mol. The zero-order valence-electron chi connectivity index (χ0n) is 9.28. The largest absolute Gasteiger partial charge is 0.397 e. The Labute approximate surface area is 112 Å². The molecule has 0 unspecified atom stereocenters. The molecule has 2 aromatic rings. The highest BCUT2D eigenvalue weighted by molar-refractivity contribution is 9.10. The van der Waals surface area contributed by atoms with Crippen molar-refractivity contribution >= 4 is 38.6 Å². The van der Waals surface area contributed by atoms with Crippen LogP contribution in [0.3, 0.4) is 0 Å². The summed E-state index contributed by atoms with van der Waals surface area (Å²) in [5.41, 5.74) is 7.14. The smallest absolute Gasteiger partial charge is 0.125 e. The fourth-order valence-electron chi connectivity index (χ4n) is 1.60. The van der Waals surface area contributed by atoms with Crippen molar-refractivity contribution in [3.05, 3.63) is 44.8 Å². The number of anilines is 2. The third-order valence-corrected chi connectivity index (χ3v) is 4.10. The minimum absolute atomic E-state index is 0.270. The van der Waals surface area contributed by atoms with Gasteiger partial charge in [0.25, 0.3) is 0 Å². The van der Waals surface area contributed by atoms with Gasteiger partial charge in [0.2, 0.25) is 0 Å². The van der Waals surface area contributed by atoms with Gasteiger partial charge in [-0.3, -0.25) is 0 Å². The van der Waals surface area contributed by atoms with Crippen LogP contribution in [0.4, 0.5) is 15.8 Å². The third kappa shape index (κ3) is 2.98. The molecule has 0 saturated carbocycles. The molecule has 90 valence electrons. The Morgan fingerprint density at radius 2 is 2.18 bits per heavy atom. The van der Waals surface area contributed by atoms with Crippen molar-refractivity contribution in [3.8, 4) is 0 Å². The van der Waals surface area contributed by atoms with Crippen LogP contribution in [0.2, 0.25) is 0 Å². The molecule has 2 nitrogen and oxygen atoms in total. The average Bonchev–Trinajstić information content (AvgIpc) is 2.67. The molecule has 0 amide bonds. The Hall–Kier alpha value is -1.07. The fraction of sp³-hybridized carbons (Fsp3) is 0.167. The van der Waals surface area contributed by atoms with Crippen LogP contribution in [0.5, 0.6) is 0 Å². The zero-order valence-corrected chi connectivity index (χ0v) is 11.7. The lowest BCUT2D eigenvalue weighted by atomic mass is 10.2. The maximum Gasteiger partial charge on any atom is 0.125 e. The van der Waals surface area contributed by atoms with Gasteiger partial charge in [-0.1, -0.05) is 0 Å². The second kappa shape index (κ2) is 5.06. The number of nitrogens with zero attached hydrogens (tertiary/aromatic N) is 1. The Balaban J connectivity index is 2.19. The quantitative estimate of drug-likeness (QED) is 0.871. The number of hydrogen-bond donors (Lipinski definition) is 1. The Bertz CT molecular complexity index is 527. The second-order valence-corrected chi connectivity index (χ2v) is 5.70. The number of nitrogen functional groups attached to an aromatic ring is 1. The number of halogens is 2. The molecule has 0 spiro atoms. The van der Waals surface area contributed by atoms with E-state index in [4.69, 9.17) is 5.73 Å². The molecule has 0 aliphatic heterocycles. The summed E-state index contributed by atoms with van der Waals surface area (Å²) in [5, 5.41) is 2.03. The van der Waals surface area contributed by atoms with E-state index in [-0.39, 0.29) is 5.82 Å². The predicted molar refractivity (Wildman–Crippen MR) is 74.9 cm³/mol. The van der Waals surface area contributed by atoms with E-state index in [1.165, 1.54) is 17.0 Å². The van der Waals surface area contributed by atoms with Gasteiger partial charge in [-0.05, 0) is 40.2 Å². The molecule has 1 aromatic heterocycles. The topological polar surface area (TPSA) is 29.3 Å². The van der Waals surface area contributed by atoms with Gasteiger partial charge >= 0.3 is 0 Å². The van der Waals surface area contributed by atoms with Crippen molar-refractivity contribution in [2.45, 2.75) is 6.54 Å². The molecule has 2 rings (SSSR count). The first-order valence-corrected chi connectivity index (χ1v) is 6.72. The van der Waals surface area contributed by atoms with Gasteiger partial charge in [0, 0.05) is 21.8 Å². The molecule has 0 saturated heterocycles. The second-order valence-electron chi connectivity index (χ2n) is 3.79. The molecular formula is C12H12BrFN2S. The summed E-state index contributed by atoms with van der Waals surface area (Å²) in [7, 11) is 1.90. The van der Waals surface area contributed by atoms with Crippen molar-refractivity contribution in [2.75, 3.05) is 17.7 Å². The minimum Gasteiger partial charge on any atom is -0.397 e. The van der Waals surface area contributed by atoms with Crippen LogP contribution in [0, 0.1) is 5.82 Å². The lowest BCUT2D eigenvalue weighted by Crippen LogP contribution is -2.17. The molecule has 2 N–H and O–H groups in total. The summed E-state index contributed by atoms with van der Waals surface area (Å²) < 4.78 is 14.2. The number of rotatable bonds is 3. The molecule has 0 aliphatic carbocycles. The molecule has 0 radical (unpaired) electrons. The van der Waals surface area contributed by atoms with E-state index in [1.807, 2.05) is 17.3 Å². The van der Waals surface area contributed by atoms with Gasteiger partial charge in [-0.25, -0.2) is 4.39 Å². The summed E-state index contributed by atoms with van der Waals surface area (Å²) in [4.78, 5) is 3.14. The lowest BCUT2D eigenvalue weighted by Gasteiger charge is -2.20. The van der Waals surface area contributed by atoms with Crippen LogP contribution in [0.15, 0.2) is 34.1 Å². The monoisotopic (exact) mass is 314 g/mol. The minimum atomic E-state index is -0.270. The molecule has 0 atom stereocenters. The van der Waals surface area contributed by atoms with Crippen LogP contribution >= 0.6 is 27.3 Å². The summed E-state index contributed by atoms with van der Waals surface area (Å²) >= 11 is 5.07. The molecule has 0 aliphatic rings. The number of hydrogen-bond acceptors (Lipinski definition) is 3. The molecule has 5 heteroatoms. The molecule has 0 fully saturated rings. The fourth-order valence-corrected chi connectivity index (χ4v) is 3.11. The standard InChI is InChI=1S/C12H12BrFN2S/c1-16(6-10-4-8(13)7-17-10)12-5-9(14)2-3-11(12)15/h2-5,7H,6,15H2,1H3. The Kier molecular flexibility index (Phi) is 3.69. The lowest BCUT2D eigenvalue weighted by molar-refractivity contribution is 0.627. The van der Waals surface area contributed by atoms with Crippen LogP contribution in [-0.2, 0) is 6.54 Å². The van der Waals surface area contributed by atoms with Crippen molar-refractivity contribution in [1.29, 1.82) is 0 Å². The first-order chi connectivity index (χ1) is 8.06. The maximum absolute atomic E-state index is 13.2. The van der Waals surface area contributed by atoms with E-state index in [2.05, 4.69) is 22.0 Å². The van der Waals surface area contributed by atoms with Gasteiger partial charge in [0.05, 0.1) is 17.9 Å². The van der Waals surface area contributed by atoms with Gasteiger partial charge in [-0.15, -0.1) is 11.3 Å². The van der Waals surface area contributed by atoms with Gasteiger partial charge in [0.1, 0.15) is 5.82 Å². The van der Waals surface area contributed by atoms with E-state index in [1.54, 1.807) is 17.4 Å². The van der Waals surface area contributed by atoms with Crippen molar-refractivity contribution in [2.24, 2.45) is 0 Å². The molecular weight excluding hydrogens is 303 g/mol. The van der Waals surface area contributed by atoms with Crippen LogP contribution < -0.4 is 10.6 Å². The summed E-state index contributed by atoms with van der Waals surface area (Å²) in [6.45, 7) is 0.712. The van der Waals surface area contributed by atoms with Crippen LogP contribution in [0.25, 0.3) is 0 Å². The first kappa shape index (κ1) is 12.4. The molecule has 1 heterocycles. The van der Waals surface area contributed by atoms with Gasteiger partial charge in [0.15, 0.2) is 0 Å². The van der Waals surface area contributed by atoms with E-state index in [0.717, 1.165) is 10.2 Å². The van der Waals surface area contributed by atoms with Gasteiger partial charge < -0.3 is 10.6 Å². The maximum atomic E-state index is 13.2. The van der Waals surface area contributed by atoms with Crippen molar-refractivity contribution in [3.63, 3.8) is 0 Å². The van der Waals surface area contributed by atoms with Crippen molar-refractivity contribution in [1.82, 2.24) is 0 Å². The van der Waals surface area contributed by atoms with Crippen LogP contribution in [0.1, 0.15) is 4.88 Å². The molecule has 0 bridgehead atoms. The van der Waals surface area contributed by atoms with E-state index < -0.39 is 0 Å². The number of benzene rings is 1. The van der Waals surface area contributed by atoms with E-state index in [0.29, 0.717) is 12.2 Å². The number of thiophene rings is 1. The highest BCUT2D eigenvalue weighted by Gasteiger charge is 2.08. The van der Waals surface area contributed by atoms with E-state index in [9.17, 15) is 4.39 Å². The normalized spacial score (nSPS) is 10.5. The van der Waals surface area contributed by atoms with E-state index >= 15 is 0 Å². The summed E-state index contributed by atoms with van der Waals surface area (Å²) in [5.74, 6) is -0.270. The third-order valence-electron chi connectivity index (χ3n) is 2.42. The predicted octanol–water partition coefficient (Wildman–Crippen LogP) is 3.87. The van der Waals surface area contributed by atoms with Crippen molar-refractivity contribution < 1.29 is 4.39 Å². The van der Waals surface area contributed by atoms with Crippen LogP contribution in [-0.4, -0.2) is 7.05 Å². The molecule has 17 heavy (non-hydrogen) atoms. The Morgan fingerprint density at radius 3 is 2.82 bits per heavy atom.